The highest BCUT2D eigenvalue weighted by molar-refractivity contribution is 5.94. The van der Waals surface area contributed by atoms with E-state index < -0.39 is 29.0 Å². The Morgan fingerprint density at radius 1 is 1.09 bits per heavy atom. The minimum Gasteiger partial charge on any atom is -0.472 e. The van der Waals surface area contributed by atoms with Crippen molar-refractivity contribution in [3.8, 4) is 5.88 Å². The summed E-state index contributed by atoms with van der Waals surface area (Å²) in [6.07, 6.45) is 1.99. The molecular formula is C23H24F4N4O2. The molecule has 5 rings (SSSR count). The van der Waals surface area contributed by atoms with Crippen molar-refractivity contribution in [2.24, 2.45) is 0 Å². The summed E-state index contributed by atoms with van der Waals surface area (Å²) in [5, 5.41) is 0. The summed E-state index contributed by atoms with van der Waals surface area (Å²) < 4.78 is 59.7. The monoisotopic (exact) mass is 464 g/mol. The van der Waals surface area contributed by atoms with Crippen LogP contribution in [0.4, 0.5) is 17.6 Å². The van der Waals surface area contributed by atoms with Crippen LogP contribution in [0.1, 0.15) is 53.2 Å². The van der Waals surface area contributed by atoms with Gasteiger partial charge in [-0.1, -0.05) is 6.07 Å². The molecule has 1 aromatic carbocycles. The number of amides is 1. The van der Waals surface area contributed by atoms with Crippen LogP contribution in [0.3, 0.4) is 0 Å². The zero-order valence-corrected chi connectivity index (χ0v) is 17.9. The fourth-order valence-corrected chi connectivity index (χ4v) is 4.72. The number of halogens is 4. The van der Waals surface area contributed by atoms with Crippen LogP contribution in [0, 0.1) is 5.82 Å². The fraction of sp³-hybridized carbons (Fsp3) is 0.522. The van der Waals surface area contributed by atoms with Crippen molar-refractivity contribution in [3.63, 3.8) is 0 Å². The minimum absolute atomic E-state index is 0.0194. The highest BCUT2D eigenvalue weighted by Crippen LogP contribution is 2.38. The maximum absolute atomic E-state index is 14.5. The van der Waals surface area contributed by atoms with E-state index in [4.69, 9.17) is 4.74 Å². The summed E-state index contributed by atoms with van der Waals surface area (Å²) >= 11 is 0. The van der Waals surface area contributed by atoms with Gasteiger partial charge in [0.05, 0.1) is 29.2 Å². The molecular weight excluding hydrogens is 440 g/mol. The number of aromatic nitrogens is 2. The van der Waals surface area contributed by atoms with Crippen molar-refractivity contribution < 1.29 is 27.1 Å². The van der Waals surface area contributed by atoms with Gasteiger partial charge in [0.2, 0.25) is 5.88 Å². The van der Waals surface area contributed by atoms with Crippen molar-refractivity contribution in [1.29, 1.82) is 0 Å². The maximum atomic E-state index is 14.5. The summed E-state index contributed by atoms with van der Waals surface area (Å²) in [4.78, 5) is 25.4. The molecule has 3 heterocycles. The molecule has 1 aliphatic carbocycles. The first-order valence-electron chi connectivity index (χ1n) is 11.2. The van der Waals surface area contributed by atoms with Crippen molar-refractivity contribution in [3.05, 3.63) is 53.2 Å². The molecule has 0 N–H and O–H groups in total. The number of alkyl halides is 3. The molecule has 0 spiro atoms. The Labute approximate surface area is 188 Å². The molecule has 2 atom stereocenters. The molecule has 0 unspecified atom stereocenters. The lowest BCUT2D eigenvalue weighted by Crippen LogP contribution is -2.40. The Morgan fingerprint density at radius 3 is 2.61 bits per heavy atom. The van der Waals surface area contributed by atoms with Crippen molar-refractivity contribution in [2.75, 3.05) is 26.2 Å². The van der Waals surface area contributed by atoms with Gasteiger partial charge in [0.15, 0.2) is 0 Å². The maximum Gasteiger partial charge on any atom is 0.419 e. The van der Waals surface area contributed by atoms with Crippen LogP contribution in [0.15, 0.2) is 30.6 Å². The Bertz CT molecular complexity index is 1030. The van der Waals surface area contributed by atoms with E-state index in [0.717, 1.165) is 37.2 Å². The number of rotatable bonds is 4. The molecule has 2 aromatic rings. The summed E-state index contributed by atoms with van der Waals surface area (Å²) in [5.41, 5.74) is -0.985. The third kappa shape index (κ3) is 4.66. The molecule has 6 nitrogen and oxygen atoms in total. The van der Waals surface area contributed by atoms with Gasteiger partial charge in [-0.05, 0) is 31.4 Å². The van der Waals surface area contributed by atoms with Gasteiger partial charge >= 0.3 is 6.18 Å². The predicted octanol–water partition coefficient (Wildman–Crippen LogP) is 3.88. The van der Waals surface area contributed by atoms with Crippen LogP contribution in [0.5, 0.6) is 5.88 Å². The fourth-order valence-electron chi connectivity index (χ4n) is 4.72. The second-order valence-electron chi connectivity index (χ2n) is 8.95. The number of hydrogen-bond donors (Lipinski definition) is 0. The second kappa shape index (κ2) is 8.55. The second-order valence-corrected chi connectivity index (χ2v) is 8.95. The normalized spacial score (nSPS) is 23.8. The quantitative estimate of drug-likeness (QED) is 0.643. The first-order valence-corrected chi connectivity index (χ1v) is 11.2. The van der Waals surface area contributed by atoms with Crippen LogP contribution >= 0.6 is 0 Å². The summed E-state index contributed by atoms with van der Waals surface area (Å²) in [5.74, 6) is -1.26. The molecule has 0 bridgehead atoms. The topological polar surface area (TPSA) is 58.6 Å². The molecule has 1 saturated carbocycles. The largest absolute Gasteiger partial charge is 0.472 e. The number of carbonyl (C=O) groups is 1. The van der Waals surface area contributed by atoms with Gasteiger partial charge in [-0.15, -0.1) is 0 Å². The van der Waals surface area contributed by atoms with Crippen LogP contribution < -0.4 is 4.74 Å². The van der Waals surface area contributed by atoms with Crippen molar-refractivity contribution in [1.82, 2.24) is 19.8 Å². The number of carbonyl (C=O) groups excluding carboxylic acids is 1. The Morgan fingerprint density at radius 2 is 1.91 bits per heavy atom. The van der Waals surface area contributed by atoms with E-state index in [1.807, 2.05) is 0 Å². The Hall–Kier alpha value is -2.75. The third-order valence-electron chi connectivity index (χ3n) is 6.55. The van der Waals surface area contributed by atoms with Gasteiger partial charge in [-0.25, -0.2) is 9.37 Å². The van der Waals surface area contributed by atoms with Gasteiger partial charge in [-0.3, -0.25) is 14.7 Å². The van der Waals surface area contributed by atoms with Crippen LogP contribution in [0.25, 0.3) is 0 Å². The summed E-state index contributed by atoms with van der Waals surface area (Å²) in [6, 6.07) is 2.81. The zero-order valence-electron chi connectivity index (χ0n) is 17.9. The highest BCUT2D eigenvalue weighted by Gasteiger charge is 2.39. The number of hydrogen-bond acceptors (Lipinski definition) is 5. The Kier molecular flexibility index (Phi) is 5.72. The molecule has 176 valence electrons. The lowest BCUT2D eigenvalue weighted by atomic mass is 10.1. The van der Waals surface area contributed by atoms with E-state index in [0.29, 0.717) is 50.3 Å². The van der Waals surface area contributed by atoms with Gasteiger partial charge in [0, 0.05) is 44.6 Å². The minimum atomic E-state index is -4.86. The van der Waals surface area contributed by atoms with E-state index in [2.05, 4.69) is 14.9 Å². The average molecular weight is 464 g/mol. The third-order valence-corrected chi connectivity index (χ3v) is 6.55. The predicted molar refractivity (Wildman–Crippen MR) is 110 cm³/mol. The van der Waals surface area contributed by atoms with Crippen LogP contribution in [0.2, 0.25) is 0 Å². The molecule has 0 radical (unpaired) electrons. The first kappa shape index (κ1) is 22.1. The molecule has 33 heavy (non-hydrogen) atoms. The smallest absolute Gasteiger partial charge is 0.419 e. The first-order chi connectivity index (χ1) is 15.8. The SMILES string of the molecule is O=C(c1cccc(C(F)(F)F)c1F)N1CCCN2C[C@@H](Oc3cnc(C4CC4)cn3)C[C@H]2C1. The van der Waals surface area contributed by atoms with E-state index >= 15 is 0 Å². The van der Waals surface area contributed by atoms with Crippen LogP contribution in [-0.2, 0) is 6.18 Å². The van der Waals surface area contributed by atoms with Gasteiger partial charge < -0.3 is 9.64 Å². The highest BCUT2D eigenvalue weighted by atomic mass is 19.4. The molecule has 2 aliphatic heterocycles. The van der Waals surface area contributed by atoms with Gasteiger partial charge in [0.25, 0.3) is 5.91 Å². The molecule has 1 amide bonds. The molecule has 10 heteroatoms. The number of nitrogens with zero attached hydrogens (tertiary/aromatic N) is 4. The lowest BCUT2D eigenvalue weighted by Gasteiger charge is -2.26. The standard InChI is InChI=1S/C23H24F4N4O2/c24-21-17(3-1-4-18(21)23(25,26)27)22(32)31-8-2-7-30-13-16(9-15(30)12-31)33-20-11-28-19(10-29-20)14-5-6-14/h1,3-4,10-11,14-16H,2,5-9,12-13H2/t15-,16-/m0/s1. The zero-order chi connectivity index (χ0) is 23.2. The lowest BCUT2D eigenvalue weighted by molar-refractivity contribution is -0.140. The number of ether oxygens (including phenoxy) is 1. The average Bonchev–Trinajstić information content (AvgIpc) is 3.58. The summed E-state index contributed by atoms with van der Waals surface area (Å²) in [7, 11) is 0. The number of fused-ring (bicyclic) bond motifs is 1. The van der Waals surface area contributed by atoms with Crippen molar-refractivity contribution >= 4 is 5.91 Å². The van der Waals surface area contributed by atoms with Gasteiger partial charge in [0.1, 0.15) is 11.9 Å². The van der Waals surface area contributed by atoms with E-state index in [1.54, 1.807) is 12.4 Å². The molecule has 3 aliphatic rings. The van der Waals surface area contributed by atoms with E-state index in [-0.39, 0.29) is 12.1 Å². The Balaban J connectivity index is 1.25. The van der Waals surface area contributed by atoms with Crippen LogP contribution in [-0.4, -0.2) is 64.0 Å². The summed E-state index contributed by atoms with van der Waals surface area (Å²) in [6.45, 7) is 2.06. The van der Waals surface area contributed by atoms with E-state index in [9.17, 15) is 22.4 Å². The van der Waals surface area contributed by atoms with Gasteiger partial charge in [-0.2, -0.15) is 13.2 Å². The van der Waals surface area contributed by atoms with Crippen molar-refractivity contribution in [2.45, 2.75) is 49.9 Å². The number of benzene rings is 1. The molecule has 3 fully saturated rings. The molecule has 2 saturated heterocycles. The van der Waals surface area contributed by atoms with E-state index in [1.165, 1.54) is 4.90 Å². The molecule has 1 aromatic heterocycles.